The number of aryl methyl sites for hydroxylation is 2. The maximum absolute atomic E-state index is 12.0. The van der Waals surface area contributed by atoms with E-state index in [1.54, 1.807) is 20.8 Å². The van der Waals surface area contributed by atoms with Crippen molar-refractivity contribution in [3.63, 3.8) is 0 Å². The first kappa shape index (κ1) is 13.7. The Morgan fingerprint density at radius 3 is 2.47 bits per heavy atom. The van der Waals surface area contributed by atoms with Crippen LogP contribution in [0.5, 0.6) is 0 Å². The molecule has 0 aliphatic carbocycles. The lowest BCUT2D eigenvalue weighted by Gasteiger charge is -2.12. The van der Waals surface area contributed by atoms with E-state index in [1.165, 1.54) is 0 Å². The van der Waals surface area contributed by atoms with Crippen LogP contribution in [-0.4, -0.2) is 35.7 Å². The molecule has 96 valence electrons. The lowest BCUT2D eigenvalue weighted by atomic mass is 10.2. The van der Waals surface area contributed by atoms with Gasteiger partial charge in [0.1, 0.15) is 10.9 Å². The molecule has 1 atom stereocenters. The Morgan fingerprint density at radius 2 is 2.12 bits per heavy atom. The highest BCUT2D eigenvalue weighted by Gasteiger charge is 2.27. The van der Waals surface area contributed by atoms with Gasteiger partial charge in [-0.2, -0.15) is 9.82 Å². The molecule has 0 unspecified atom stereocenters. The summed E-state index contributed by atoms with van der Waals surface area (Å²) in [6.45, 7) is 4.70. The summed E-state index contributed by atoms with van der Waals surface area (Å²) in [5, 5.41) is 15.1. The van der Waals surface area contributed by atoms with Gasteiger partial charge < -0.3 is 5.11 Å². The molecule has 0 bridgehead atoms. The summed E-state index contributed by atoms with van der Waals surface area (Å²) < 4.78 is 26.1. The van der Waals surface area contributed by atoms with Crippen LogP contribution in [-0.2, 0) is 14.8 Å². The van der Waals surface area contributed by atoms with Crippen molar-refractivity contribution in [1.82, 2.24) is 14.9 Å². The monoisotopic (exact) mass is 261 g/mol. The molecule has 0 saturated heterocycles. The number of nitrogens with one attached hydrogen (secondary N) is 2. The minimum absolute atomic E-state index is 0.0113. The second-order valence-corrected chi connectivity index (χ2v) is 5.33. The Balaban J connectivity index is 3.09. The van der Waals surface area contributed by atoms with Crippen molar-refractivity contribution in [3.8, 4) is 0 Å². The van der Waals surface area contributed by atoms with Crippen molar-refractivity contribution in [1.29, 1.82) is 0 Å². The summed E-state index contributed by atoms with van der Waals surface area (Å²) in [4.78, 5) is 10.8. The van der Waals surface area contributed by atoms with Crippen molar-refractivity contribution in [2.75, 3.05) is 0 Å². The van der Waals surface area contributed by atoms with Gasteiger partial charge in [-0.25, -0.2) is 8.42 Å². The molecule has 17 heavy (non-hydrogen) atoms. The fourth-order valence-corrected chi connectivity index (χ4v) is 3.13. The molecule has 0 saturated carbocycles. The van der Waals surface area contributed by atoms with Gasteiger partial charge in [0, 0.05) is 0 Å². The van der Waals surface area contributed by atoms with E-state index in [9.17, 15) is 13.2 Å². The molecule has 0 fully saturated rings. The number of aliphatic carboxylic acids is 1. The van der Waals surface area contributed by atoms with Gasteiger partial charge in [-0.05, 0) is 20.3 Å². The zero-order chi connectivity index (χ0) is 13.2. The first-order valence-electron chi connectivity index (χ1n) is 5.06. The molecule has 1 aromatic rings. The van der Waals surface area contributed by atoms with Crippen LogP contribution in [0.1, 0.15) is 24.7 Å². The van der Waals surface area contributed by atoms with E-state index in [4.69, 9.17) is 5.11 Å². The largest absolute Gasteiger partial charge is 0.480 e. The van der Waals surface area contributed by atoms with Crippen LogP contribution < -0.4 is 4.72 Å². The van der Waals surface area contributed by atoms with Gasteiger partial charge in [0.2, 0.25) is 10.0 Å². The highest BCUT2D eigenvalue weighted by Crippen LogP contribution is 2.17. The van der Waals surface area contributed by atoms with Gasteiger partial charge in [0.05, 0.1) is 11.4 Å². The van der Waals surface area contributed by atoms with E-state index in [0.29, 0.717) is 11.4 Å². The zero-order valence-corrected chi connectivity index (χ0v) is 10.6. The third-order valence-corrected chi connectivity index (χ3v) is 4.07. The lowest BCUT2D eigenvalue weighted by Crippen LogP contribution is -2.40. The molecule has 8 heteroatoms. The molecule has 0 aliphatic heterocycles. The Bertz CT molecular complexity index is 501. The number of hydrogen-bond acceptors (Lipinski definition) is 4. The number of aromatic amines is 1. The van der Waals surface area contributed by atoms with Gasteiger partial charge in [0.25, 0.3) is 0 Å². The zero-order valence-electron chi connectivity index (χ0n) is 9.81. The van der Waals surface area contributed by atoms with E-state index in [0.717, 1.165) is 0 Å². The van der Waals surface area contributed by atoms with Crippen molar-refractivity contribution in [3.05, 3.63) is 11.4 Å². The quantitative estimate of drug-likeness (QED) is 0.699. The number of H-pyrrole nitrogens is 1. The molecule has 3 N–H and O–H groups in total. The normalized spacial score (nSPS) is 13.6. The fourth-order valence-electron chi connectivity index (χ4n) is 1.49. The predicted molar refractivity (Wildman–Crippen MR) is 60.1 cm³/mol. The Labute approximate surface area is 99.3 Å². The third kappa shape index (κ3) is 2.83. The number of rotatable bonds is 5. The van der Waals surface area contributed by atoms with E-state index in [1.807, 2.05) is 0 Å². The maximum atomic E-state index is 12.0. The van der Waals surface area contributed by atoms with E-state index in [2.05, 4.69) is 14.9 Å². The number of carboxylic acid groups (broad SMARTS) is 1. The summed E-state index contributed by atoms with van der Waals surface area (Å²) in [6, 6.07) is -1.13. The molecule has 1 aromatic heterocycles. The summed E-state index contributed by atoms with van der Waals surface area (Å²) in [5.74, 6) is -1.20. The molecule has 0 aromatic carbocycles. The molecular formula is C9H15N3O4S. The van der Waals surface area contributed by atoms with Gasteiger partial charge in [-0.15, -0.1) is 0 Å². The highest BCUT2D eigenvalue weighted by molar-refractivity contribution is 7.89. The van der Waals surface area contributed by atoms with Crippen LogP contribution in [0.15, 0.2) is 4.90 Å². The Hall–Kier alpha value is -1.41. The second kappa shape index (κ2) is 4.84. The molecule has 0 aliphatic rings. The molecule has 0 amide bonds. The van der Waals surface area contributed by atoms with E-state index in [-0.39, 0.29) is 11.3 Å². The van der Waals surface area contributed by atoms with Crippen LogP contribution in [0, 0.1) is 13.8 Å². The van der Waals surface area contributed by atoms with Gasteiger partial charge >= 0.3 is 5.97 Å². The molecule has 0 spiro atoms. The molecular weight excluding hydrogens is 246 g/mol. The number of nitrogens with zero attached hydrogens (tertiary/aromatic N) is 1. The summed E-state index contributed by atoms with van der Waals surface area (Å²) in [6.07, 6.45) is 0.171. The summed E-state index contributed by atoms with van der Waals surface area (Å²) in [5.41, 5.74) is 0.700. The topological polar surface area (TPSA) is 112 Å². The number of hydrogen-bond donors (Lipinski definition) is 3. The van der Waals surface area contributed by atoms with Gasteiger partial charge in [-0.3, -0.25) is 9.89 Å². The maximum Gasteiger partial charge on any atom is 0.321 e. The summed E-state index contributed by atoms with van der Waals surface area (Å²) in [7, 11) is -3.86. The van der Waals surface area contributed by atoms with Crippen LogP contribution in [0.25, 0.3) is 0 Å². The van der Waals surface area contributed by atoms with Crippen molar-refractivity contribution in [2.45, 2.75) is 38.1 Å². The first-order chi connectivity index (χ1) is 7.79. The average Bonchev–Trinajstić information content (AvgIpc) is 2.55. The Kier molecular flexibility index (Phi) is 3.89. The lowest BCUT2D eigenvalue weighted by molar-refractivity contribution is -0.139. The third-order valence-electron chi connectivity index (χ3n) is 2.33. The number of carboxylic acids is 1. The molecule has 1 rings (SSSR count). The van der Waals surface area contributed by atoms with Crippen LogP contribution in [0.4, 0.5) is 0 Å². The van der Waals surface area contributed by atoms with Crippen LogP contribution >= 0.6 is 0 Å². The van der Waals surface area contributed by atoms with Gasteiger partial charge in [0.15, 0.2) is 0 Å². The predicted octanol–water partition coefficient (Wildman–Crippen LogP) is 0.168. The van der Waals surface area contributed by atoms with E-state index < -0.39 is 22.0 Å². The molecule has 7 nitrogen and oxygen atoms in total. The number of carbonyl (C=O) groups is 1. The fraction of sp³-hybridized carbons (Fsp3) is 0.556. The number of sulfonamides is 1. The second-order valence-electron chi connectivity index (χ2n) is 3.68. The first-order valence-corrected chi connectivity index (χ1v) is 6.54. The van der Waals surface area contributed by atoms with Crippen LogP contribution in [0.3, 0.4) is 0 Å². The smallest absolute Gasteiger partial charge is 0.321 e. The molecule has 0 radical (unpaired) electrons. The minimum Gasteiger partial charge on any atom is -0.480 e. The van der Waals surface area contributed by atoms with Crippen molar-refractivity contribution in [2.24, 2.45) is 0 Å². The van der Waals surface area contributed by atoms with E-state index >= 15 is 0 Å². The Morgan fingerprint density at radius 1 is 1.53 bits per heavy atom. The standard InChI is InChI=1S/C9H15N3O4S/c1-4-7(9(13)14)12-17(15,16)8-5(2)10-11-6(8)3/h7,12H,4H2,1-3H3,(H,10,11)(H,13,14)/t7-/m0/s1. The van der Waals surface area contributed by atoms with Crippen LogP contribution in [0.2, 0.25) is 0 Å². The van der Waals surface area contributed by atoms with Crippen molar-refractivity contribution < 1.29 is 18.3 Å². The highest BCUT2D eigenvalue weighted by atomic mass is 32.2. The number of aromatic nitrogens is 2. The minimum atomic E-state index is -3.86. The molecule has 1 heterocycles. The van der Waals surface area contributed by atoms with Gasteiger partial charge in [-0.1, -0.05) is 6.92 Å². The summed E-state index contributed by atoms with van der Waals surface area (Å²) >= 11 is 0. The van der Waals surface area contributed by atoms with Crippen molar-refractivity contribution >= 4 is 16.0 Å². The average molecular weight is 261 g/mol. The SMILES string of the molecule is CC[C@H](NS(=O)(=O)c1c(C)n[nH]c1C)C(=O)O.